The molecule has 0 aromatic heterocycles. The van der Waals surface area contributed by atoms with E-state index in [9.17, 15) is 0 Å². The third kappa shape index (κ3) is 2.15. The standard InChI is InChI=1S/C13H19NO/c1-3-14-10-4-5-13(14)11-6-8-12(15-2)9-7-11/h6-9,13H,3-5,10H2,1-2H3/t13-/m0/s1. The summed E-state index contributed by atoms with van der Waals surface area (Å²) in [5.74, 6) is 0.944. The van der Waals surface area contributed by atoms with Crippen LogP contribution in [0.15, 0.2) is 24.3 Å². The van der Waals surface area contributed by atoms with Crippen molar-refractivity contribution in [1.29, 1.82) is 0 Å². The van der Waals surface area contributed by atoms with Gasteiger partial charge in [-0.3, -0.25) is 4.90 Å². The highest BCUT2D eigenvalue weighted by molar-refractivity contribution is 5.29. The van der Waals surface area contributed by atoms with Gasteiger partial charge in [-0.2, -0.15) is 0 Å². The van der Waals surface area contributed by atoms with E-state index in [0.717, 1.165) is 12.3 Å². The molecule has 1 aliphatic rings. The first-order chi connectivity index (χ1) is 7.35. The van der Waals surface area contributed by atoms with Gasteiger partial charge in [-0.15, -0.1) is 0 Å². The van der Waals surface area contributed by atoms with E-state index in [-0.39, 0.29) is 0 Å². The van der Waals surface area contributed by atoms with E-state index in [1.807, 2.05) is 0 Å². The first-order valence-electron chi connectivity index (χ1n) is 5.73. The van der Waals surface area contributed by atoms with Crippen molar-refractivity contribution >= 4 is 0 Å². The third-order valence-electron chi connectivity index (χ3n) is 3.27. The number of benzene rings is 1. The summed E-state index contributed by atoms with van der Waals surface area (Å²) < 4.78 is 5.17. The second-order valence-corrected chi connectivity index (χ2v) is 4.06. The minimum absolute atomic E-state index is 0.626. The molecule has 0 unspecified atom stereocenters. The molecule has 0 bridgehead atoms. The van der Waals surface area contributed by atoms with Gasteiger partial charge in [0.15, 0.2) is 0 Å². The van der Waals surface area contributed by atoms with Crippen molar-refractivity contribution in [2.45, 2.75) is 25.8 Å². The summed E-state index contributed by atoms with van der Waals surface area (Å²) >= 11 is 0. The van der Waals surface area contributed by atoms with Gasteiger partial charge in [-0.1, -0.05) is 19.1 Å². The number of hydrogen-bond acceptors (Lipinski definition) is 2. The van der Waals surface area contributed by atoms with Crippen molar-refractivity contribution in [1.82, 2.24) is 4.90 Å². The molecule has 2 nitrogen and oxygen atoms in total. The highest BCUT2D eigenvalue weighted by Gasteiger charge is 2.24. The van der Waals surface area contributed by atoms with Crippen molar-refractivity contribution in [3.8, 4) is 5.75 Å². The van der Waals surface area contributed by atoms with Crippen molar-refractivity contribution in [2.24, 2.45) is 0 Å². The molecule has 1 aromatic carbocycles. The largest absolute Gasteiger partial charge is 0.497 e. The van der Waals surface area contributed by atoms with Gasteiger partial charge in [0.1, 0.15) is 5.75 Å². The van der Waals surface area contributed by atoms with Crippen molar-refractivity contribution in [3.05, 3.63) is 29.8 Å². The summed E-state index contributed by atoms with van der Waals surface area (Å²) in [5.41, 5.74) is 1.43. The minimum atomic E-state index is 0.626. The predicted molar refractivity (Wildman–Crippen MR) is 62.2 cm³/mol. The van der Waals surface area contributed by atoms with Crippen LogP contribution < -0.4 is 4.74 Å². The smallest absolute Gasteiger partial charge is 0.118 e. The third-order valence-corrected chi connectivity index (χ3v) is 3.27. The Balaban J connectivity index is 2.14. The van der Waals surface area contributed by atoms with Gasteiger partial charge < -0.3 is 4.74 Å². The lowest BCUT2D eigenvalue weighted by molar-refractivity contribution is 0.271. The lowest BCUT2D eigenvalue weighted by atomic mass is 10.0. The van der Waals surface area contributed by atoms with Gasteiger partial charge in [0, 0.05) is 6.04 Å². The average Bonchev–Trinajstić information content (AvgIpc) is 2.77. The molecule has 0 N–H and O–H groups in total. The number of methoxy groups -OCH3 is 1. The number of likely N-dealkylation sites (tertiary alicyclic amines) is 1. The lowest BCUT2D eigenvalue weighted by Gasteiger charge is -2.23. The summed E-state index contributed by atoms with van der Waals surface area (Å²) in [7, 11) is 1.71. The molecule has 1 saturated heterocycles. The quantitative estimate of drug-likeness (QED) is 0.752. The monoisotopic (exact) mass is 205 g/mol. The lowest BCUT2D eigenvalue weighted by Crippen LogP contribution is -2.22. The second-order valence-electron chi connectivity index (χ2n) is 4.06. The van der Waals surface area contributed by atoms with Crippen molar-refractivity contribution in [2.75, 3.05) is 20.2 Å². The Morgan fingerprint density at radius 3 is 2.67 bits per heavy atom. The average molecular weight is 205 g/mol. The molecule has 1 atom stereocenters. The molecule has 0 radical (unpaired) electrons. The van der Waals surface area contributed by atoms with E-state index in [0.29, 0.717) is 6.04 Å². The maximum atomic E-state index is 5.17. The fraction of sp³-hybridized carbons (Fsp3) is 0.538. The Labute approximate surface area is 91.9 Å². The van der Waals surface area contributed by atoms with Crippen LogP contribution in [0.25, 0.3) is 0 Å². The van der Waals surface area contributed by atoms with Crippen LogP contribution in [0, 0.1) is 0 Å². The molecule has 1 heterocycles. The van der Waals surface area contributed by atoms with Crippen molar-refractivity contribution in [3.63, 3.8) is 0 Å². The summed E-state index contributed by atoms with van der Waals surface area (Å²) in [6.45, 7) is 4.63. The SMILES string of the molecule is CCN1CCC[C@H]1c1ccc(OC)cc1. The molecule has 2 rings (SSSR count). The summed E-state index contributed by atoms with van der Waals surface area (Å²) in [6.07, 6.45) is 2.62. The van der Waals surface area contributed by atoms with Gasteiger partial charge in [0.2, 0.25) is 0 Å². The van der Waals surface area contributed by atoms with E-state index in [4.69, 9.17) is 4.74 Å². The topological polar surface area (TPSA) is 12.5 Å². The number of ether oxygens (including phenoxy) is 1. The fourth-order valence-electron chi connectivity index (χ4n) is 2.41. The van der Waals surface area contributed by atoms with Crippen LogP contribution in [-0.4, -0.2) is 25.1 Å². The van der Waals surface area contributed by atoms with Crippen LogP contribution in [0.2, 0.25) is 0 Å². The zero-order chi connectivity index (χ0) is 10.7. The van der Waals surface area contributed by atoms with Gasteiger partial charge in [0.05, 0.1) is 7.11 Å². The Morgan fingerprint density at radius 2 is 2.07 bits per heavy atom. The Hall–Kier alpha value is -1.02. The minimum Gasteiger partial charge on any atom is -0.497 e. The van der Waals surface area contributed by atoms with E-state index in [1.54, 1.807) is 7.11 Å². The molecule has 0 amide bonds. The Kier molecular flexibility index (Phi) is 3.27. The van der Waals surface area contributed by atoms with Crippen LogP contribution in [0.3, 0.4) is 0 Å². The number of nitrogens with zero attached hydrogens (tertiary/aromatic N) is 1. The maximum absolute atomic E-state index is 5.17. The second kappa shape index (κ2) is 4.67. The summed E-state index contributed by atoms with van der Waals surface area (Å²) in [6, 6.07) is 9.12. The molecule has 1 fully saturated rings. The molecule has 2 heteroatoms. The normalized spacial score (nSPS) is 21.9. The van der Waals surface area contributed by atoms with Gasteiger partial charge in [0.25, 0.3) is 0 Å². The predicted octanol–water partition coefficient (Wildman–Crippen LogP) is 2.85. The Morgan fingerprint density at radius 1 is 1.33 bits per heavy atom. The first kappa shape index (κ1) is 10.5. The van der Waals surface area contributed by atoms with Gasteiger partial charge in [-0.25, -0.2) is 0 Å². The van der Waals surface area contributed by atoms with Crippen LogP contribution in [0.4, 0.5) is 0 Å². The molecule has 82 valence electrons. The van der Waals surface area contributed by atoms with E-state index < -0.39 is 0 Å². The molecule has 15 heavy (non-hydrogen) atoms. The highest BCUT2D eigenvalue weighted by atomic mass is 16.5. The van der Waals surface area contributed by atoms with E-state index in [1.165, 1.54) is 24.9 Å². The Bertz CT molecular complexity index is 307. The number of hydrogen-bond donors (Lipinski definition) is 0. The van der Waals surface area contributed by atoms with Crippen LogP contribution in [0.5, 0.6) is 5.75 Å². The zero-order valence-corrected chi connectivity index (χ0v) is 9.57. The highest BCUT2D eigenvalue weighted by Crippen LogP contribution is 2.32. The molecule has 0 saturated carbocycles. The van der Waals surface area contributed by atoms with Gasteiger partial charge in [-0.05, 0) is 43.6 Å². The summed E-state index contributed by atoms with van der Waals surface area (Å²) in [4.78, 5) is 2.54. The van der Waals surface area contributed by atoms with E-state index >= 15 is 0 Å². The van der Waals surface area contributed by atoms with E-state index in [2.05, 4.69) is 36.1 Å². The molecular weight excluding hydrogens is 186 g/mol. The van der Waals surface area contributed by atoms with Crippen LogP contribution >= 0.6 is 0 Å². The summed E-state index contributed by atoms with van der Waals surface area (Å²) in [5, 5.41) is 0. The van der Waals surface area contributed by atoms with Crippen LogP contribution in [-0.2, 0) is 0 Å². The molecule has 1 aromatic rings. The molecule has 1 aliphatic heterocycles. The number of rotatable bonds is 3. The van der Waals surface area contributed by atoms with Gasteiger partial charge >= 0.3 is 0 Å². The maximum Gasteiger partial charge on any atom is 0.118 e. The fourth-order valence-corrected chi connectivity index (χ4v) is 2.41. The zero-order valence-electron chi connectivity index (χ0n) is 9.57. The van der Waals surface area contributed by atoms with Crippen LogP contribution in [0.1, 0.15) is 31.4 Å². The molecular formula is C13H19NO. The van der Waals surface area contributed by atoms with Crippen molar-refractivity contribution < 1.29 is 4.74 Å². The molecule has 0 aliphatic carbocycles. The first-order valence-corrected chi connectivity index (χ1v) is 5.73. The molecule has 0 spiro atoms.